The van der Waals surface area contributed by atoms with Gasteiger partial charge in [0.25, 0.3) is 0 Å². The molecule has 6 N–H and O–H groups in total. The summed E-state index contributed by atoms with van der Waals surface area (Å²) in [5.74, 6) is -4.92. The second kappa shape index (κ2) is 15.7. The van der Waals surface area contributed by atoms with Gasteiger partial charge in [0.05, 0.1) is 43.0 Å². The maximum Gasteiger partial charge on any atom is 0.338 e. The number of alkyl halides is 1. The molecule has 2 aromatic carbocycles. The van der Waals surface area contributed by atoms with Crippen molar-refractivity contribution < 1.29 is 63.7 Å². The van der Waals surface area contributed by atoms with Crippen LogP contribution in [0.25, 0.3) is 0 Å². The van der Waals surface area contributed by atoms with Gasteiger partial charge in [-0.05, 0) is 50.0 Å². The molecule has 2 aromatic rings. The molecule has 3 fully saturated rings. The van der Waals surface area contributed by atoms with E-state index in [9.17, 15) is 44.7 Å². The Balaban J connectivity index is 1.47. The summed E-state index contributed by atoms with van der Waals surface area (Å²) < 4.78 is 24.7. The van der Waals surface area contributed by atoms with Crippen molar-refractivity contribution in [1.82, 2.24) is 5.32 Å². The Kier molecular flexibility index (Phi) is 11.9. The van der Waals surface area contributed by atoms with Crippen LogP contribution in [0.4, 0.5) is 0 Å². The van der Waals surface area contributed by atoms with Crippen LogP contribution in [-0.4, -0.2) is 115 Å². The summed E-state index contributed by atoms with van der Waals surface area (Å²) in [6.45, 7) is 9.82. The highest BCUT2D eigenvalue weighted by Gasteiger charge is 2.77. The zero-order valence-electron chi connectivity index (χ0n) is 33.7. The van der Waals surface area contributed by atoms with Gasteiger partial charge in [-0.25, -0.2) is 4.79 Å². The molecule has 0 radical (unpaired) electrons. The molecule has 4 aliphatic rings. The number of ether oxygens (including phenoxy) is 4. The van der Waals surface area contributed by atoms with E-state index in [1.807, 2.05) is 6.07 Å². The van der Waals surface area contributed by atoms with Gasteiger partial charge in [-0.1, -0.05) is 74.5 Å². The molecule has 3 aliphatic carbocycles. The summed E-state index contributed by atoms with van der Waals surface area (Å²) in [7, 11) is 0. The summed E-state index contributed by atoms with van der Waals surface area (Å²) in [6.07, 6.45) is -11.0. The van der Waals surface area contributed by atoms with Crippen molar-refractivity contribution in [3.05, 3.63) is 82.9 Å². The van der Waals surface area contributed by atoms with E-state index in [4.69, 9.17) is 30.5 Å². The predicted octanol–water partition coefficient (Wildman–Crippen LogP) is 2.59. The molecule has 1 saturated heterocycles. The summed E-state index contributed by atoms with van der Waals surface area (Å²) in [5, 5.41) is 62.0. The molecule has 1 heterocycles. The Morgan fingerprint density at radius 2 is 1.64 bits per heavy atom. The summed E-state index contributed by atoms with van der Waals surface area (Å²) in [4.78, 5) is 53.4. The molecule has 6 rings (SSSR count). The molecule has 0 spiro atoms. The number of amides is 1. The number of aliphatic hydroxyl groups excluding tert-OH is 4. The molecule has 2 saturated carbocycles. The predicted molar refractivity (Wildman–Crippen MR) is 208 cm³/mol. The SMILES string of the molecule is CC(=O)O[C@@]12COC1C[C@H](O)[C@@]1(C)C(=O)[C@H](O)C3=C(C)[C@@H](OC(=O)[C@H](O)[C@@H](NC(=O)[C@](C)(Cl)[C@@H](C)O)c4ccccc4)C[C@@](O)([C@@H](OCc4ccccc4)[C@@H]12)C3(C)C. The molecule has 1 unspecified atom stereocenters. The van der Waals surface area contributed by atoms with Crippen molar-refractivity contribution >= 4 is 35.2 Å². The number of Topliss-reactive ketones (excluding diaryl/α,β-unsaturated/α-hetero) is 1. The second-order valence-corrected chi connectivity index (χ2v) is 18.0. The number of carbonyl (C=O) groups is 4. The van der Waals surface area contributed by atoms with Gasteiger partial charge in [-0.15, -0.1) is 11.6 Å². The average molecular weight is 828 g/mol. The highest BCUT2D eigenvalue weighted by atomic mass is 35.5. The number of esters is 2. The largest absolute Gasteiger partial charge is 0.456 e. The van der Waals surface area contributed by atoms with Gasteiger partial charge in [0.15, 0.2) is 17.5 Å². The van der Waals surface area contributed by atoms with Crippen molar-refractivity contribution in [3.63, 3.8) is 0 Å². The first-order valence-corrected chi connectivity index (χ1v) is 19.9. The lowest BCUT2D eigenvalue weighted by Crippen LogP contribution is -2.81. The minimum atomic E-state index is -2.14. The molecular weight excluding hydrogens is 774 g/mol. The molecule has 0 aromatic heterocycles. The second-order valence-electron chi connectivity index (χ2n) is 17.2. The Bertz CT molecular complexity index is 1940. The topological polar surface area (TPSA) is 218 Å². The first-order chi connectivity index (χ1) is 27.0. The Morgan fingerprint density at radius 1 is 1.03 bits per heavy atom. The average Bonchev–Trinajstić information content (AvgIpc) is 3.17. The minimum absolute atomic E-state index is 0.0231. The van der Waals surface area contributed by atoms with E-state index in [0.717, 1.165) is 0 Å². The smallest absolute Gasteiger partial charge is 0.338 e. The number of nitrogens with one attached hydrogen (secondary N) is 1. The number of benzene rings is 2. The van der Waals surface area contributed by atoms with Crippen molar-refractivity contribution in [3.8, 4) is 0 Å². The number of carbonyl (C=O) groups excluding carboxylic acids is 4. The van der Waals surface area contributed by atoms with E-state index in [0.29, 0.717) is 11.1 Å². The lowest BCUT2D eigenvalue weighted by atomic mass is 9.44. The molecule has 14 nitrogen and oxygen atoms in total. The van der Waals surface area contributed by atoms with E-state index in [1.54, 1.807) is 75.4 Å². The molecule has 58 heavy (non-hydrogen) atoms. The molecule has 15 heteroatoms. The maximum absolute atomic E-state index is 15.0. The van der Waals surface area contributed by atoms with Crippen LogP contribution in [0.2, 0.25) is 0 Å². The van der Waals surface area contributed by atoms with Crippen molar-refractivity contribution in [2.45, 2.75) is 133 Å². The number of ketones is 1. The summed E-state index contributed by atoms with van der Waals surface area (Å²) in [6, 6.07) is 15.7. The number of halogens is 1. The van der Waals surface area contributed by atoms with Gasteiger partial charge in [-0.3, -0.25) is 14.4 Å². The monoisotopic (exact) mass is 827 g/mol. The molecule has 1 amide bonds. The fourth-order valence-corrected chi connectivity index (χ4v) is 9.72. The minimum Gasteiger partial charge on any atom is -0.456 e. The van der Waals surface area contributed by atoms with Crippen LogP contribution < -0.4 is 5.32 Å². The number of hydrogen-bond donors (Lipinski definition) is 6. The number of aliphatic hydroxyl groups is 5. The van der Waals surface area contributed by atoms with Gasteiger partial charge in [0.1, 0.15) is 28.8 Å². The van der Waals surface area contributed by atoms with Crippen LogP contribution in [0.1, 0.15) is 78.5 Å². The van der Waals surface area contributed by atoms with Crippen LogP contribution in [0.15, 0.2) is 71.8 Å². The third kappa shape index (κ3) is 6.98. The van der Waals surface area contributed by atoms with Crippen LogP contribution >= 0.6 is 11.6 Å². The summed E-state index contributed by atoms with van der Waals surface area (Å²) in [5.41, 5.74) is -5.84. The third-order valence-corrected chi connectivity index (χ3v) is 13.9. The Labute approximate surface area is 342 Å². The van der Waals surface area contributed by atoms with E-state index in [2.05, 4.69) is 5.32 Å². The highest BCUT2D eigenvalue weighted by molar-refractivity contribution is 6.35. The van der Waals surface area contributed by atoms with Crippen LogP contribution in [0.5, 0.6) is 0 Å². The van der Waals surface area contributed by atoms with Crippen molar-refractivity contribution in [2.75, 3.05) is 6.61 Å². The quantitative estimate of drug-likeness (QED) is 0.109. The fourth-order valence-electron chi connectivity index (χ4n) is 9.67. The first kappa shape index (κ1) is 43.8. The Morgan fingerprint density at radius 3 is 2.19 bits per heavy atom. The maximum atomic E-state index is 15.0. The molecular formula is C43H54ClNO13. The number of hydrogen-bond acceptors (Lipinski definition) is 13. The van der Waals surface area contributed by atoms with Gasteiger partial charge in [0.2, 0.25) is 5.91 Å². The molecule has 2 bridgehead atoms. The number of rotatable bonds is 11. The van der Waals surface area contributed by atoms with E-state index < -0.39 is 112 Å². The fraction of sp³-hybridized carbons (Fsp3) is 0.581. The first-order valence-electron chi connectivity index (χ1n) is 19.5. The third-order valence-electron chi connectivity index (χ3n) is 13.4. The van der Waals surface area contributed by atoms with Gasteiger partial charge in [-0.2, -0.15) is 0 Å². The van der Waals surface area contributed by atoms with Crippen LogP contribution in [0, 0.1) is 16.7 Å². The summed E-state index contributed by atoms with van der Waals surface area (Å²) >= 11 is 6.36. The van der Waals surface area contributed by atoms with E-state index >= 15 is 0 Å². The van der Waals surface area contributed by atoms with Gasteiger partial charge >= 0.3 is 11.9 Å². The van der Waals surface area contributed by atoms with Gasteiger partial charge in [0, 0.05) is 31.1 Å². The lowest BCUT2D eigenvalue weighted by molar-refractivity contribution is -0.351. The molecule has 1 aliphatic heterocycles. The van der Waals surface area contributed by atoms with Crippen LogP contribution in [0.3, 0.4) is 0 Å². The zero-order valence-corrected chi connectivity index (χ0v) is 34.4. The van der Waals surface area contributed by atoms with Crippen LogP contribution in [-0.2, 0) is 44.7 Å². The lowest BCUT2D eigenvalue weighted by Gasteiger charge is -2.67. The molecule has 13 atom stereocenters. The number of fused-ring (bicyclic) bond motifs is 5. The normalized spacial score (nSPS) is 35.3. The standard InChI is InChI=1S/C43H54ClNO13/c1-22-27(57-37(52)33(50)31(26-16-12-9-13-17-26)45-38(53)41(7,44)23(2)46)19-43(54)36(55-20-25-14-10-8-11-15-25)34-40(6,35(51)32(49)30(22)39(43,4)5)28(48)18-29-42(34,21-56-29)58-24(3)47/h8-17,23,27-29,31-34,36,46,48-50,54H,18-21H2,1-7H3,(H,45,53)/t23-,27+,28+,29?,31+,32-,33-,34+,36+,40-,41-,42+,43-/m1/s1. The van der Waals surface area contributed by atoms with E-state index in [1.165, 1.54) is 27.7 Å². The van der Waals surface area contributed by atoms with Gasteiger partial charge < -0.3 is 49.8 Å². The highest BCUT2D eigenvalue weighted by Crippen LogP contribution is 2.64. The van der Waals surface area contributed by atoms with Crippen molar-refractivity contribution in [1.29, 1.82) is 0 Å². The Hall–Kier alpha value is -3.73. The molecule has 316 valence electrons. The van der Waals surface area contributed by atoms with E-state index in [-0.39, 0.29) is 30.8 Å². The van der Waals surface area contributed by atoms with Crippen molar-refractivity contribution in [2.24, 2.45) is 16.7 Å². The zero-order chi connectivity index (χ0) is 42.7.